The fraction of sp³-hybridized carbons (Fsp3) is 0.120. The van der Waals surface area contributed by atoms with Crippen LogP contribution in [0.2, 0.25) is 0 Å². The number of nitrogens with zero attached hydrogens (tertiary/aromatic N) is 1. The quantitative estimate of drug-likeness (QED) is 0.361. The molecule has 4 amide bonds. The summed E-state index contributed by atoms with van der Waals surface area (Å²) in [6.07, 6.45) is 1.27. The van der Waals surface area contributed by atoms with Gasteiger partial charge in [-0.3, -0.25) is 14.9 Å². The number of benzene rings is 2. The number of carbonyl (C=O) groups is 4. The molecule has 0 saturated carbocycles. The molecule has 0 aliphatic carbocycles. The highest BCUT2D eigenvalue weighted by atomic mass is 16.5. The molecule has 3 aromatic rings. The van der Waals surface area contributed by atoms with Gasteiger partial charge in [0.15, 0.2) is 0 Å². The van der Waals surface area contributed by atoms with E-state index in [2.05, 4.69) is 5.32 Å². The Hall–Kier alpha value is -4.46. The van der Waals surface area contributed by atoms with Crippen LogP contribution >= 0.6 is 0 Å². The monoisotopic (exact) mass is 444 g/mol. The first-order valence-electron chi connectivity index (χ1n) is 10.2. The number of amides is 4. The Morgan fingerprint density at radius 2 is 1.76 bits per heavy atom. The van der Waals surface area contributed by atoms with E-state index in [1.165, 1.54) is 6.08 Å². The lowest BCUT2D eigenvalue weighted by atomic mass is 10.1. The number of anilines is 1. The van der Waals surface area contributed by atoms with Crippen molar-refractivity contribution in [3.05, 3.63) is 83.1 Å². The van der Waals surface area contributed by atoms with Crippen LogP contribution in [0.25, 0.3) is 17.4 Å². The second kappa shape index (κ2) is 8.96. The number of barbiturate groups is 1. The SMILES string of the molecule is CCOC(=O)c1ccccc1-c1ccc(C=C2C(=O)NC(=O)N(c3ccccc3C)C2=O)o1. The Kier molecular flexibility index (Phi) is 5.91. The maximum Gasteiger partial charge on any atom is 0.338 e. The van der Waals surface area contributed by atoms with Crippen LogP contribution in [-0.4, -0.2) is 30.4 Å². The molecule has 1 N–H and O–H groups in total. The van der Waals surface area contributed by atoms with Crippen molar-refractivity contribution < 1.29 is 28.3 Å². The molecule has 8 heteroatoms. The Balaban J connectivity index is 1.69. The highest BCUT2D eigenvalue weighted by Gasteiger charge is 2.37. The molecule has 166 valence electrons. The molecule has 0 bridgehead atoms. The molecule has 0 unspecified atom stereocenters. The maximum absolute atomic E-state index is 13.1. The molecule has 1 saturated heterocycles. The summed E-state index contributed by atoms with van der Waals surface area (Å²) >= 11 is 0. The summed E-state index contributed by atoms with van der Waals surface area (Å²) in [7, 11) is 0. The number of esters is 1. The second-order valence-electron chi connectivity index (χ2n) is 7.21. The van der Waals surface area contributed by atoms with Gasteiger partial charge in [-0.05, 0) is 49.8 Å². The molecule has 8 nitrogen and oxygen atoms in total. The van der Waals surface area contributed by atoms with Crippen molar-refractivity contribution in [3.63, 3.8) is 0 Å². The van der Waals surface area contributed by atoms with Gasteiger partial charge in [-0.1, -0.05) is 36.4 Å². The number of imide groups is 2. The number of furan rings is 1. The van der Waals surface area contributed by atoms with Gasteiger partial charge in [0, 0.05) is 5.56 Å². The zero-order valence-corrected chi connectivity index (χ0v) is 18.0. The third-order valence-corrected chi connectivity index (χ3v) is 5.06. The molecule has 0 radical (unpaired) electrons. The lowest BCUT2D eigenvalue weighted by molar-refractivity contribution is -0.122. The van der Waals surface area contributed by atoms with E-state index >= 15 is 0 Å². The number of hydrogen-bond acceptors (Lipinski definition) is 6. The van der Waals surface area contributed by atoms with Crippen LogP contribution in [0.15, 0.2) is 70.7 Å². The van der Waals surface area contributed by atoms with Crippen molar-refractivity contribution in [3.8, 4) is 11.3 Å². The van der Waals surface area contributed by atoms with Gasteiger partial charge in [0.25, 0.3) is 11.8 Å². The van der Waals surface area contributed by atoms with Crippen molar-refractivity contribution in [1.82, 2.24) is 5.32 Å². The molecule has 0 spiro atoms. The van der Waals surface area contributed by atoms with Crippen molar-refractivity contribution >= 4 is 35.6 Å². The van der Waals surface area contributed by atoms with E-state index in [1.54, 1.807) is 74.5 Å². The Bertz CT molecular complexity index is 1300. The average molecular weight is 444 g/mol. The summed E-state index contributed by atoms with van der Waals surface area (Å²) in [6.45, 7) is 3.71. The van der Waals surface area contributed by atoms with Crippen molar-refractivity contribution in [2.75, 3.05) is 11.5 Å². The molecular weight excluding hydrogens is 424 g/mol. The summed E-state index contributed by atoms with van der Waals surface area (Å²) in [5.41, 5.74) is 1.66. The predicted octanol–water partition coefficient (Wildman–Crippen LogP) is 4.10. The number of rotatable bonds is 5. The third kappa shape index (κ3) is 4.18. The minimum atomic E-state index is -0.820. The molecule has 4 rings (SSSR count). The van der Waals surface area contributed by atoms with Crippen LogP contribution in [0.3, 0.4) is 0 Å². The second-order valence-corrected chi connectivity index (χ2v) is 7.21. The van der Waals surface area contributed by atoms with Gasteiger partial charge in [-0.15, -0.1) is 0 Å². The molecule has 1 aliphatic rings. The first-order chi connectivity index (χ1) is 15.9. The Morgan fingerprint density at radius 3 is 2.52 bits per heavy atom. The summed E-state index contributed by atoms with van der Waals surface area (Å²) in [5.74, 6) is -1.50. The molecular formula is C25H20N2O6. The molecule has 1 aromatic heterocycles. The molecule has 1 aliphatic heterocycles. The van der Waals surface area contributed by atoms with E-state index < -0.39 is 23.8 Å². The number of nitrogens with one attached hydrogen (secondary N) is 1. The van der Waals surface area contributed by atoms with Crippen molar-refractivity contribution in [2.45, 2.75) is 13.8 Å². The molecule has 1 fully saturated rings. The lowest BCUT2D eigenvalue weighted by Gasteiger charge is -2.27. The summed E-state index contributed by atoms with van der Waals surface area (Å²) < 4.78 is 10.9. The minimum absolute atomic E-state index is 0.209. The normalized spacial score (nSPS) is 15.0. The Morgan fingerprint density at radius 1 is 1.03 bits per heavy atom. The summed E-state index contributed by atoms with van der Waals surface area (Å²) in [5, 5.41) is 2.19. The zero-order valence-electron chi connectivity index (χ0n) is 18.0. The fourth-order valence-corrected chi connectivity index (χ4v) is 3.49. The molecule has 0 atom stereocenters. The number of aryl methyl sites for hydroxylation is 1. The number of carbonyl (C=O) groups excluding carboxylic acids is 4. The highest BCUT2D eigenvalue weighted by molar-refractivity contribution is 6.39. The number of ether oxygens (including phenoxy) is 1. The number of hydrogen-bond donors (Lipinski definition) is 1. The van der Waals surface area contributed by atoms with Crippen molar-refractivity contribution in [1.29, 1.82) is 0 Å². The first kappa shape index (κ1) is 21.8. The van der Waals surface area contributed by atoms with Crippen LogP contribution in [0, 0.1) is 6.92 Å². The van der Waals surface area contributed by atoms with Gasteiger partial charge < -0.3 is 9.15 Å². The van der Waals surface area contributed by atoms with E-state index in [0.29, 0.717) is 28.1 Å². The Labute approximate surface area is 189 Å². The van der Waals surface area contributed by atoms with E-state index in [4.69, 9.17) is 9.15 Å². The zero-order chi connectivity index (χ0) is 23.5. The molecule has 2 heterocycles. The predicted molar refractivity (Wildman–Crippen MR) is 120 cm³/mol. The number of para-hydroxylation sites is 1. The highest BCUT2D eigenvalue weighted by Crippen LogP contribution is 2.29. The van der Waals surface area contributed by atoms with Crippen LogP contribution in [-0.2, 0) is 14.3 Å². The standard InChI is InChI=1S/C25H20N2O6/c1-3-32-24(30)18-10-6-5-9-17(18)21-13-12-16(33-21)14-19-22(28)26-25(31)27(23(19)29)20-11-7-4-8-15(20)2/h4-14H,3H2,1-2H3,(H,26,28,31). The van der Waals surface area contributed by atoms with Gasteiger partial charge in [0.2, 0.25) is 0 Å². The lowest BCUT2D eigenvalue weighted by Crippen LogP contribution is -2.54. The van der Waals surface area contributed by atoms with Crippen molar-refractivity contribution in [2.24, 2.45) is 0 Å². The molecule has 33 heavy (non-hydrogen) atoms. The first-order valence-corrected chi connectivity index (χ1v) is 10.2. The topological polar surface area (TPSA) is 106 Å². The van der Waals surface area contributed by atoms with E-state index in [0.717, 1.165) is 4.90 Å². The maximum atomic E-state index is 13.1. The van der Waals surface area contributed by atoms with Gasteiger partial charge in [-0.25, -0.2) is 14.5 Å². The van der Waals surface area contributed by atoms with Crippen LogP contribution in [0.5, 0.6) is 0 Å². The van der Waals surface area contributed by atoms with Gasteiger partial charge in [0.05, 0.1) is 17.9 Å². The van der Waals surface area contributed by atoms with Gasteiger partial charge in [-0.2, -0.15) is 0 Å². The smallest absolute Gasteiger partial charge is 0.338 e. The summed E-state index contributed by atoms with van der Waals surface area (Å²) in [6, 6.07) is 16.0. The largest absolute Gasteiger partial charge is 0.462 e. The van der Waals surface area contributed by atoms with E-state index in [-0.39, 0.29) is 17.9 Å². The third-order valence-electron chi connectivity index (χ3n) is 5.06. The minimum Gasteiger partial charge on any atom is -0.462 e. The van der Waals surface area contributed by atoms with E-state index in [1.807, 2.05) is 0 Å². The van der Waals surface area contributed by atoms with Gasteiger partial charge in [0.1, 0.15) is 17.1 Å². The van der Waals surface area contributed by atoms with Crippen LogP contribution in [0.1, 0.15) is 28.6 Å². The van der Waals surface area contributed by atoms with Crippen LogP contribution in [0.4, 0.5) is 10.5 Å². The fourth-order valence-electron chi connectivity index (χ4n) is 3.49. The van der Waals surface area contributed by atoms with E-state index in [9.17, 15) is 19.2 Å². The summed E-state index contributed by atoms with van der Waals surface area (Å²) in [4.78, 5) is 51.1. The van der Waals surface area contributed by atoms with Crippen LogP contribution < -0.4 is 10.2 Å². The number of urea groups is 1. The average Bonchev–Trinajstić information content (AvgIpc) is 3.26. The van der Waals surface area contributed by atoms with Gasteiger partial charge >= 0.3 is 12.0 Å². The molecule has 2 aromatic carbocycles.